The molecule has 1 aromatic rings. The van der Waals surface area contributed by atoms with Crippen molar-refractivity contribution in [3.63, 3.8) is 0 Å². The van der Waals surface area contributed by atoms with Crippen LogP contribution in [0.5, 0.6) is 5.75 Å². The second kappa shape index (κ2) is 5.03. The van der Waals surface area contributed by atoms with Crippen molar-refractivity contribution in [2.45, 2.75) is 4.90 Å². The quantitative estimate of drug-likeness (QED) is 0.360. The number of nitrogens with zero attached hydrogens (tertiary/aromatic N) is 1. The second-order valence-electron chi connectivity index (χ2n) is 2.82. The van der Waals surface area contributed by atoms with Gasteiger partial charge in [-0.05, 0) is 6.07 Å². The molecule has 1 aromatic carbocycles. The number of nitro benzene ring substituents is 1. The molecule has 0 aliphatic rings. The number of nitro groups is 1. The Bertz CT molecular complexity index is 590. The zero-order valence-corrected chi connectivity index (χ0v) is 9.86. The van der Waals surface area contributed by atoms with E-state index in [0.29, 0.717) is 0 Å². The maximum absolute atomic E-state index is 11.2. The van der Waals surface area contributed by atoms with E-state index in [1.54, 1.807) is 0 Å². The van der Waals surface area contributed by atoms with Gasteiger partial charge >= 0.3 is 0 Å². The van der Waals surface area contributed by atoms with Crippen molar-refractivity contribution in [2.75, 3.05) is 6.61 Å². The fourth-order valence-electron chi connectivity index (χ4n) is 1.04. The number of halogens is 1. The summed E-state index contributed by atoms with van der Waals surface area (Å²) in [7, 11) is 0.992. The molecule has 1 rings (SSSR count). The van der Waals surface area contributed by atoms with Gasteiger partial charge in [-0.25, -0.2) is 8.42 Å². The number of terminal acetylenes is 1. The summed E-state index contributed by atoms with van der Waals surface area (Å²) in [5.41, 5.74) is -0.405. The van der Waals surface area contributed by atoms with Crippen LogP contribution in [0.2, 0.25) is 0 Å². The Labute approximate surface area is 102 Å². The van der Waals surface area contributed by atoms with Crippen molar-refractivity contribution in [1.82, 2.24) is 0 Å². The number of hydrogen-bond acceptors (Lipinski definition) is 5. The molecule has 0 amide bonds. The molecule has 0 heterocycles. The molecule has 17 heavy (non-hydrogen) atoms. The largest absolute Gasteiger partial charge is 0.480 e. The first-order valence-corrected chi connectivity index (χ1v) is 6.46. The van der Waals surface area contributed by atoms with Gasteiger partial charge in [-0.15, -0.1) is 6.42 Å². The van der Waals surface area contributed by atoms with Gasteiger partial charge in [0.05, 0.1) is 4.92 Å². The summed E-state index contributed by atoms with van der Waals surface area (Å²) >= 11 is 0. The van der Waals surface area contributed by atoms with Crippen LogP contribution in [0.25, 0.3) is 0 Å². The zero-order valence-electron chi connectivity index (χ0n) is 8.29. The van der Waals surface area contributed by atoms with Gasteiger partial charge in [0.25, 0.3) is 14.7 Å². The van der Waals surface area contributed by atoms with Gasteiger partial charge in [0.15, 0.2) is 0 Å². The highest BCUT2D eigenvalue weighted by molar-refractivity contribution is 8.13. The first-order chi connectivity index (χ1) is 7.86. The fraction of sp³-hybridized carbons (Fsp3) is 0.111. The lowest BCUT2D eigenvalue weighted by Gasteiger charge is -2.06. The van der Waals surface area contributed by atoms with Crippen LogP contribution in [0.15, 0.2) is 23.1 Å². The van der Waals surface area contributed by atoms with E-state index in [1.807, 2.05) is 0 Å². The summed E-state index contributed by atoms with van der Waals surface area (Å²) < 4.78 is 27.3. The molecular weight excluding hydrogens is 270 g/mol. The Balaban J connectivity index is 3.33. The normalized spacial score (nSPS) is 10.6. The average Bonchev–Trinajstić information content (AvgIpc) is 2.24. The van der Waals surface area contributed by atoms with Crippen molar-refractivity contribution in [1.29, 1.82) is 0 Å². The highest BCUT2D eigenvalue weighted by atomic mass is 35.7. The topological polar surface area (TPSA) is 86.5 Å². The van der Waals surface area contributed by atoms with Crippen molar-refractivity contribution >= 4 is 25.4 Å². The molecular formula is C9H6ClNO5S. The number of non-ortho nitro benzene ring substituents is 1. The van der Waals surface area contributed by atoms with Crippen molar-refractivity contribution < 1.29 is 18.1 Å². The van der Waals surface area contributed by atoms with E-state index < -0.39 is 24.6 Å². The van der Waals surface area contributed by atoms with Crippen LogP contribution in [-0.4, -0.2) is 19.9 Å². The predicted molar refractivity (Wildman–Crippen MR) is 60.5 cm³/mol. The van der Waals surface area contributed by atoms with Crippen LogP contribution >= 0.6 is 10.7 Å². The first-order valence-electron chi connectivity index (χ1n) is 4.15. The Morgan fingerprint density at radius 1 is 1.53 bits per heavy atom. The Kier molecular flexibility index (Phi) is 3.93. The molecule has 0 aromatic heterocycles. The summed E-state index contributed by atoms with van der Waals surface area (Å²) in [6.07, 6.45) is 4.95. The van der Waals surface area contributed by atoms with E-state index in [9.17, 15) is 18.5 Å². The number of ether oxygens (including phenoxy) is 1. The van der Waals surface area contributed by atoms with Crippen molar-refractivity contribution in [2.24, 2.45) is 0 Å². The summed E-state index contributed by atoms with van der Waals surface area (Å²) in [6.45, 7) is -0.169. The molecule has 0 bridgehead atoms. The maximum Gasteiger partial charge on any atom is 0.271 e. The third kappa shape index (κ3) is 3.34. The van der Waals surface area contributed by atoms with Gasteiger partial charge in [-0.3, -0.25) is 10.1 Å². The molecule has 0 radical (unpaired) electrons. The molecule has 6 nitrogen and oxygen atoms in total. The minimum atomic E-state index is -4.15. The van der Waals surface area contributed by atoms with Crippen molar-refractivity contribution in [3.8, 4) is 18.1 Å². The van der Waals surface area contributed by atoms with Crippen LogP contribution < -0.4 is 4.74 Å². The molecule has 0 aliphatic carbocycles. The number of rotatable bonds is 4. The zero-order chi connectivity index (χ0) is 13.1. The molecule has 8 heteroatoms. The van der Waals surface area contributed by atoms with E-state index in [4.69, 9.17) is 21.8 Å². The molecule has 0 atom stereocenters. The van der Waals surface area contributed by atoms with E-state index >= 15 is 0 Å². The van der Waals surface area contributed by atoms with Gasteiger partial charge in [-0.2, -0.15) is 0 Å². The predicted octanol–water partition coefficient (Wildman–Crippen LogP) is 1.53. The smallest absolute Gasteiger partial charge is 0.271 e. The lowest BCUT2D eigenvalue weighted by Crippen LogP contribution is -2.01. The molecule has 0 N–H and O–H groups in total. The highest BCUT2D eigenvalue weighted by Crippen LogP contribution is 2.30. The Morgan fingerprint density at radius 3 is 2.65 bits per heavy atom. The van der Waals surface area contributed by atoms with Gasteiger partial charge in [0.1, 0.15) is 17.3 Å². The Morgan fingerprint density at radius 2 is 2.18 bits per heavy atom. The van der Waals surface area contributed by atoms with Crippen LogP contribution in [0, 0.1) is 22.5 Å². The minimum absolute atomic E-state index is 0.122. The van der Waals surface area contributed by atoms with Crippen LogP contribution in [0.1, 0.15) is 0 Å². The molecule has 0 unspecified atom stereocenters. The van der Waals surface area contributed by atoms with Crippen LogP contribution in [0.3, 0.4) is 0 Å². The molecule has 0 aliphatic heterocycles. The van der Waals surface area contributed by atoms with Crippen LogP contribution in [0.4, 0.5) is 5.69 Å². The molecule has 0 saturated carbocycles. The third-order valence-electron chi connectivity index (χ3n) is 1.71. The van der Waals surface area contributed by atoms with Gasteiger partial charge in [-0.1, -0.05) is 5.92 Å². The standard InChI is InChI=1S/C9H6ClNO5S/c1-2-5-16-8-4-3-7(11(12)13)6-9(8)17(10,14)15/h1,3-4,6H,5H2. The van der Waals surface area contributed by atoms with Gasteiger partial charge in [0.2, 0.25) is 0 Å². The molecule has 0 saturated heterocycles. The minimum Gasteiger partial charge on any atom is -0.480 e. The molecule has 90 valence electrons. The van der Waals surface area contributed by atoms with Crippen LogP contribution in [-0.2, 0) is 9.05 Å². The van der Waals surface area contributed by atoms with E-state index in [2.05, 4.69) is 5.92 Å². The molecule has 0 fully saturated rings. The van der Waals surface area contributed by atoms with Gasteiger partial charge < -0.3 is 4.74 Å². The summed E-state index contributed by atoms with van der Waals surface area (Å²) in [6, 6.07) is 3.04. The fourth-order valence-corrected chi connectivity index (χ4v) is 2.03. The highest BCUT2D eigenvalue weighted by Gasteiger charge is 2.21. The summed E-state index contributed by atoms with van der Waals surface area (Å²) in [5, 5.41) is 10.5. The van der Waals surface area contributed by atoms with Crippen molar-refractivity contribution in [3.05, 3.63) is 28.3 Å². The monoisotopic (exact) mass is 275 g/mol. The lowest BCUT2D eigenvalue weighted by molar-refractivity contribution is -0.385. The third-order valence-corrected chi connectivity index (χ3v) is 3.05. The SMILES string of the molecule is C#CCOc1ccc([N+](=O)[O-])cc1S(=O)(=O)Cl. The first kappa shape index (κ1) is 13.3. The summed E-state index contributed by atoms with van der Waals surface area (Å²) in [5.74, 6) is 2.02. The number of benzene rings is 1. The van der Waals surface area contributed by atoms with E-state index in [1.165, 1.54) is 0 Å². The lowest BCUT2D eigenvalue weighted by atomic mass is 10.3. The van der Waals surface area contributed by atoms with E-state index in [0.717, 1.165) is 18.2 Å². The van der Waals surface area contributed by atoms with E-state index in [-0.39, 0.29) is 12.4 Å². The average molecular weight is 276 g/mol. The molecule has 0 spiro atoms. The number of hydrogen-bond donors (Lipinski definition) is 0. The maximum atomic E-state index is 11.2. The Hall–Kier alpha value is -1.78. The summed E-state index contributed by atoms with van der Waals surface area (Å²) in [4.78, 5) is 9.28. The van der Waals surface area contributed by atoms with Gasteiger partial charge in [0, 0.05) is 22.8 Å². The second-order valence-corrected chi connectivity index (χ2v) is 5.35.